The van der Waals surface area contributed by atoms with Gasteiger partial charge >= 0.3 is 0 Å². The van der Waals surface area contributed by atoms with Gasteiger partial charge in [0.25, 0.3) is 0 Å². The lowest BCUT2D eigenvalue weighted by Crippen LogP contribution is -2.69. The van der Waals surface area contributed by atoms with E-state index in [0.29, 0.717) is 32.1 Å². The molecule has 0 unspecified atom stereocenters. The van der Waals surface area contributed by atoms with E-state index in [1.807, 2.05) is 60.6 Å². The van der Waals surface area contributed by atoms with Gasteiger partial charge in [-0.1, -0.05) is 67.4 Å². The van der Waals surface area contributed by atoms with Crippen molar-refractivity contribution in [3.05, 3.63) is 46.6 Å². The normalized spacial score (nSPS) is 29.9. The predicted molar refractivity (Wildman–Crippen MR) is 165 cm³/mol. The number of hydrogen-bond donors (Lipinski definition) is 0. The zero-order valence-corrected chi connectivity index (χ0v) is 27.1. The number of carbonyl (C=O) groups excluding carboxylic acids is 4. The molecule has 0 heterocycles. The van der Waals surface area contributed by atoms with E-state index >= 15 is 4.79 Å². The fourth-order valence-electron chi connectivity index (χ4n) is 7.12. The molecule has 0 aliphatic heterocycles. The second kappa shape index (κ2) is 13.1. The Morgan fingerprint density at radius 1 is 0.800 bits per heavy atom. The molecule has 0 amide bonds. The second-order valence-corrected chi connectivity index (χ2v) is 14.0. The first-order chi connectivity index (χ1) is 18.5. The fraction of sp³-hybridized carbons (Fsp3) is 0.667. The zero-order chi connectivity index (χ0) is 30.6. The van der Waals surface area contributed by atoms with Crippen molar-refractivity contribution in [2.75, 3.05) is 0 Å². The van der Waals surface area contributed by atoms with Crippen molar-refractivity contribution in [1.82, 2.24) is 0 Å². The van der Waals surface area contributed by atoms with Gasteiger partial charge in [-0.05, 0) is 112 Å². The maximum absolute atomic E-state index is 15.2. The van der Waals surface area contributed by atoms with Crippen LogP contribution in [0.5, 0.6) is 0 Å². The van der Waals surface area contributed by atoms with Gasteiger partial charge in [-0.2, -0.15) is 0 Å². The van der Waals surface area contributed by atoms with Crippen LogP contribution in [-0.2, 0) is 19.2 Å². The molecule has 0 spiro atoms. The molecule has 2 aliphatic rings. The Balaban J connectivity index is 3.08. The van der Waals surface area contributed by atoms with Crippen molar-refractivity contribution in [2.24, 2.45) is 34.0 Å². The molecule has 0 aromatic rings. The summed E-state index contributed by atoms with van der Waals surface area (Å²) in [5, 5.41) is 0. The average Bonchev–Trinajstić information content (AvgIpc) is 2.90. The van der Waals surface area contributed by atoms with Crippen LogP contribution in [0.2, 0.25) is 0 Å². The van der Waals surface area contributed by atoms with E-state index in [1.54, 1.807) is 13.8 Å². The maximum atomic E-state index is 15.2. The van der Waals surface area contributed by atoms with E-state index in [0.717, 1.165) is 22.3 Å². The molecule has 0 saturated heterocycles. The minimum absolute atomic E-state index is 0.0906. The van der Waals surface area contributed by atoms with Crippen LogP contribution in [0.1, 0.15) is 121 Å². The molecule has 2 fully saturated rings. The Hall–Kier alpha value is -2.36. The molecule has 0 N–H and O–H groups in total. The van der Waals surface area contributed by atoms with Gasteiger partial charge < -0.3 is 0 Å². The highest BCUT2D eigenvalue weighted by molar-refractivity contribution is 6.38. The lowest BCUT2D eigenvalue weighted by molar-refractivity contribution is -0.176. The van der Waals surface area contributed by atoms with E-state index in [2.05, 4.69) is 26.0 Å². The molecule has 2 rings (SSSR count). The van der Waals surface area contributed by atoms with Crippen LogP contribution in [0.25, 0.3) is 0 Å². The Morgan fingerprint density at radius 2 is 1.32 bits per heavy atom. The Labute approximate surface area is 243 Å². The summed E-state index contributed by atoms with van der Waals surface area (Å²) in [6.45, 7) is 21.6. The van der Waals surface area contributed by atoms with Crippen LogP contribution in [-0.4, -0.2) is 23.1 Å². The molecule has 222 valence electrons. The van der Waals surface area contributed by atoms with Crippen LogP contribution >= 0.6 is 0 Å². The van der Waals surface area contributed by atoms with Crippen LogP contribution in [0, 0.1) is 34.0 Å². The fourth-order valence-corrected chi connectivity index (χ4v) is 7.12. The van der Waals surface area contributed by atoms with Gasteiger partial charge in [-0.3, -0.25) is 19.2 Å². The van der Waals surface area contributed by atoms with E-state index in [9.17, 15) is 14.4 Å². The number of ketones is 4. The maximum Gasteiger partial charge on any atom is 0.168 e. The molecule has 4 nitrogen and oxygen atoms in total. The Kier molecular flexibility index (Phi) is 11.1. The van der Waals surface area contributed by atoms with E-state index in [4.69, 9.17) is 0 Å². The number of carbonyl (C=O) groups is 4. The molecular formula is C36H54O4. The summed E-state index contributed by atoms with van der Waals surface area (Å²) in [5.74, 6) is -3.05. The highest BCUT2D eigenvalue weighted by atomic mass is 16.2. The van der Waals surface area contributed by atoms with Gasteiger partial charge in [0.05, 0.1) is 11.3 Å². The Bertz CT molecular complexity index is 1130. The molecule has 0 aromatic carbocycles. The number of Topliss-reactive ketones (excluding diaryl/α,β-unsaturated/α-hetero) is 4. The SMILES string of the molecule is CC(C)=CCC[C@]1(C)[C@@H](CC=C(C)C)CC[C@]2(CC=C(C)C)C(=O)[C@@H](CC=C(C)C)C(=O)[C@@]1(C(=O)C(C)C)C2=O. The van der Waals surface area contributed by atoms with Crippen molar-refractivity contribution in [1.29, 1.82) is 0 Å². The lowest BCUT2D eigenvalue weighted by Gasteiger charge is -2.54. The van der Waals surface area contributed by atoms with E-state index < -0.39 is 39.6 Å². The van der Waals surface area contributed by atoms with Crippen LogP contribution < -0.4 is 0 Å². The highest BCUT2D eigenvalue weighted by Gasteiger charge is 2.75. The summed E-state index contributed by atoms with van der Waals surface area (Å²) in [6.07, 6.45) is 11.6. The predicted octanol–water partition coefficient (Wildman–Crippen LogP) is 8.75. The summed E-state index contributed by atoms with van der Waals surface area (Å²) in [4.78, 5) is 59.2. The van der Waals surface area contributed by atoms with Gasteiger partial charge in [0.1, 0.15) is 0 Å². The smallest absolute Gasteiger partial charge is 0.168 e. The number of hydrogen-bond acceptors (Lipinski definition) is 4. The molecule has 4 heteroatoms. The minimum Gasteiger partial charge on any atom is -0.298 e. The number of rotatable bonds is 11. The third-order valence-electron chi connectivity index (χ3n) is 9.47. The molecule has 5 atom stereocenters. The first-order valence-corrected chi connectivity index (χ1v) is 15.2. The molecule has 40 heavy (non-hydrogen) atoms. The second-order valence-electron chi connectivity index (χ2n) is 14.0. The van der Waals surface area contributed by atoms with Crippen LogP contribution in [0.3, 0.4) is 0 Å². The van der Waals surface area contributed by atoms with Gasteiger partial charge in [0.2, 0.25) is 0 Å². The summed E-state index contributed by atoms with van der Waals surface area (Å²) < 4.78 is 0. The quantitative estimate of drug-likeness (QED) is 0.190. The molecule has 0 radical (unpaired) electrons. The minimum atomic E-state index is -1.85. The standard InChI is InChI=1S/C36H54O4/c1-23(2)13-12-20-34(11)28(16-14-24(3)4)19-22-35(21-18-26(7)8)31(38)29(17-15-25(5)6)32(39)36(34,33(35)40)30(37)27(9)10/h13-15,18,27-29H,12,16-17,19-22H2,1-11H3/t28-,29+,34+,35+,36-/m0/s1. The zero-order valence-electron chi connectivity index (χ0n) is 27.1. The molecular weight excluding hydrogens is 496 g/mol. The van der Waals surface area contributed by atoms with Crippen molar-refractivity contribution < 1.29 is 19.2 Å². The number of fused-ring (bicyclic) bond motifs is 2. The van der Waals surface area contributed by atoms with E-state index in [1.165, 1.54) is 0 Å². The van der Waals surface area contributed by atoms with Gasteiger partial charge in [-0.25, -0.2) is 0 Å². The van der Waals surface area contributed by atoms with Crippen molar-refractivity contribution in [2.45, 2.75) is 121 Å². The highest BCUT2D eigenvalue weighted by Crippen LogP contribution is 2.64. The van der Waals surface area contributed by atoms with Gasteiger partial charge in [-0.15, -0.1) is 0 Å². The topological polar surface area (TPSA) is 68.3 Å². The van der Waals surface area contributed by atoms with E-state index in [-0.39, 0.29) is 30.3 Å². The summed E-state index contributed by atoms with van der Waals surface area (Å²) in [6, 6.07) is 0. The van der Waals surface area contributed by atoms with Crippen molar-refractivity contribution in [3.63, 3.8) is 0 Å². The molecule has 0 aromatic heterocycles. The largest absolute Gasteiger partial charge is 0.298 e. The van der Waals surface area contributed by atoms with Gasteiger partial charge in [0, 0.05) is 5.92 Å². The monoisotopic (exact) mass is 550 g/mol. The molecule has 2 bridgehead atoms. The van der Waals surface area contributed by atoms with Crippen molar-refractivity contribution >= 4 is 23.1 Å². The Morgan fingerprint density at radius 3 is 1.82 bits per heavy atom. The lowest BCUT2D eigenvalue weighted by atomic mass is 9.43. The summed E-state index contributed by atoms with van der Waals surface area (Å²) >= 11 is 0. The molecule has 2 aliphatic carbocycles. The molecule has 2 saturated carbocycles. The first-order valence-electron chi connectivity index (χ1n) is 15.2. The van der Waals surface area contributed by atoms with Crippen molar-refractivity contribution in [3.8, 4) is 0 Å². The average molecular weight is 551 g/mol. The third-order valence-corrected chi connectivity index (χ3v) is 9.47. The third kappa shape index (κ3) is 6.11. The van der Waals surface area contributed by atoms with Crippen LogP contribution in [0.4, 0.5) is 0 Å². The number of allylic oxidation sites excluding steroid dienone is 8. The van der Waals surface area contributed by atoms with Crippen LogP contribution in [0.15, 0.2) is 46.6 Å². The van der Waals surface area contributed by atoms with Gasteiger partial charge in [0.15, 0.2) is 28.5 Å². The summed E-state index contributed by atoms with van der Waals surface area (Å²) in [7, 11) is 0. The summed E-state index contributed by atoms with van der Waals surface area (Å²) in [5.41, 5.74) is 0.220. The first kappa shape index (κ1) is 33.8.